The average Bonchev–Trinajstić information content (AvgIpc) is 3.71. The number of carbonyl (C=O) groups is 1. The molecule has 1 amide bonds. The van der Waals surface area contributed by atoms with E-state index in [0.29, 0.717) is 28.0 Å². The maximum atomic E-state index is 13.7. The van der Waals surface area contributed by atoms with E-state index in [4.69, 9.17) is 0 Å². The van der Waals surface area contributed by atoms with Gasteiger partial charge in [-0.1, -0.05) is 12.1 Å². The van der Waals surface area contributed by atoms with Crippen LogP contribution in [-0.4, -0.2) is 21.5 Å². The van der Waals surface area contributed by atoms with Crippen LogP contribution in [0.5, 0.6) is 0 Å². The molecule has 1 fully saturated rings. The lowest BCUT2D eigenvalue weighted by Gasteiger charge is -2.16. The molecule has 1 aliphatic carbocycles. The Hall–Kier alpha value is -4.18. The molecule has 10 heteroatoms. The third-order valence-corrected chi connectivity index (χ3v) is 6.53. The largest absolute Gasteiger partial charge is 0.416 e. The van der Waals surface area contributed by atoms with E-state index >= 15 is 0 Å². The van der Waals surface area contributed by atoms with Crippen LogP contribution >= 0.6 is 0 Å². The van der Waals surface area contributed by atoms with Crippen LogP contribution in [0.2, 0.25) is 0 Å². The zero-order valence-corrected chi connectivity index (χ0v) is 20.8. The van der Waals surface area contributed by atoms with Crippen molar-refractivity contribution in [2.75, 3.05) is 10.6 Å². The third-order valence-electron chi connectivity index (χ3n) is 6.53. The number of aryl methyl sites for hydroxylation is 2. The number of hydrogen-bond acceptors (Lipinski definition) is 5. The Labute approximate surface area is 216 Å². The predicted molar refractivity (Wildman–Crippen MR) is 141 cm³/mol. The van der Waals surface area contributed by atoms with Crippen molar-refractivity contribution in [2.24, 2.45) is 7.05 Å². The van der Waals surface area contributed by atoms with Gasteiger partial charge in [0.25, 0.3) is 11.5 Å². The molecule has 1 saturated carbocycles. The summed E-state index contributed by atoms with van der Waals surface area (Å²) >= 11 is 0. The van der Waals surface area contributed by atoms with Crippen molar-refractivity contribution < 1.29 is 18.0 Å². The molecular weight excluding hydrogens is 495 g/mol. The van der Waals surface area contributed by atoms with Crippen molar-refractivity contribution >= 4 is 33.9 Å². The number of amides is 1. The van der Waals surface area contributed by atoms with Crippen LogP contribution in [0.4, 0.5) is 30.2 Å². The second-order valence-electron chi connectivity index (χ2n) is 9.53. The lowest BCUT2D eigenvalue weighted by molar-refractivity contribution is -0.138. The summed E-state index contributed by atoms with van der Waals surface area (Å²) in [4.78, 5) is 29.6. The zero-order chi connectivity index (χ0) is 27.0. The normalized spacial score (nSPS) is 13.5. The quantitative estimate of drug-likeness (QED) is 0.299. The first-order chi connectivity index (χ1) is 18.1. The first-order valence-electron chi connectivity index (χ1n) is 12.2. The van der Waals surface area contributed by atoms with E-state index in [0.717, 1.165) is 24.5 Å². The number of benzene rings is 3. The molecule has 0 spiro atoms. The first-order valence-corrected chi connectivity index (χ1v) is 12.2. The number of aromatic nitrogens is 2. The number of halogens is 3. The van der Waals surface area contributed by atoms with E-state index in [1.54, 1.807) is 43.4 Å². The molecule has 5 rings (SSSR count). The van der Waals surface area contributed by atoms with Gasteiger partial charge in [0.1, 0.15) is 0 Å². The van der Waals surface area contributed by atoms with Crippen LogP contribution in [0.25, 0.3) is 10.9 Å². The fraction of sp³-hybridized carbons (Fsp3) is 0.250. The molecule has 0 saturated heterocycles. The van der Waals surface area contributed by atoms with Gasteiger partial charge < -0.3 is 20.5 Å². The summed E-state index contributed by atoms with van der Waals surface area (Å²) < 4.78 is 42.5. The van der Waals surface area contributed by atoms with Gasteiger partial charge in [-0.2, -0.15) is 13.2 Å². The monoisotopic (exact) mass is 521 g/mol. The van der Waals surface area contributed by atoms with E-state index in [-0.39, 0.29) is 29.3 Å². The highest BCUT2D eigenvalue weighted by molar-refractivity contribution is 6.04. The number of anilines is 3. The standard InChI is InChI=1S/C28H26F3N5O2/c1-16-3-6-21(13-25(16)34-20-9-10-24-22(12-20)27(38)36(2)15-33-24)35-26(37)17-4-5-18(14-32-19-7-8-19)23(11-17)28(29,30)31/h3-6,9-13,15,19,32,34H,7-8,14H2,1-2H3,(H,35,37). The Kier molecular flexibility index (Phi) is 6.66. The molecule has 0 bridgehead atoms. The van der Waals surface area contributed by atoms with E-state index in [2.05, 4.69) is 20.9 Å². The minimum absolute atomic E-state index is 0.0829. The summed E-state index contributed by atoms with van der Waals surface area (Å²) in [7, 11) is 1.63. The number of alkyl halides is 3. The van der Waals surface area contributed by atoms with Gasteiger partial charge in [-0.25, -0.2) is 4.98 Å². The minimum Gasteiger partial charge on any atom is -0.355 e. The molecule has 4 aromatic rings. The molecule has 0 radical (unpaired) electrons. The van der Waals surface area contributed by atoms with Gasteiger partial charge >= 0.3 is 6.18 Å². The molecule has 0 unspecified atom stereocenters. The van der Waals surface area contributed by atoms with E-state index in [1.807, 2.05) is 6.92 Å². The summed E-state index contributed by atoms with van der Waals surface area (Å²) in [6.45, 7) is 1.98. The number of carbonyl (C=O) groups excluding carboxylic acids is 1. The smallest absolute Gasteiger partial charge is 0.355 e. The lowest BCUT2D eigenvalue weighted by atomic mass is 10.0. The first kappa shape index (κ1) is 25.5. The van der Waals surface area contributed by atoms with Crippen molar-refractivity contribution in [3.05, 3.63) is 93.5 Å². The molecule has 0 atom stereocenters. The van der Waals surface area contributed by atoms with Gasteiger partial charge in [-0.05, 0) is 73.4 Å². The Morgan fingerprint density at radius 2 is 1.82 bits per heavy atom. The highest BCUT2D eigenvalue weighted by Crippen LogP contribution is 2.34. The molecule has 1 aliphatic rings. The molecule has 1 aromatic heterocycles. The number of nitrogens with one attached hydrogen (secondary N) is 3. The Balaban J connectivity index is 1.36. The SMILES string of the molecule is Cc1ccc(NC(=O)c2ccc(CNC3CC3)c(C(F)(F)F)c2)cc1Nc1ccc2ncn(C)c(=O)c2c1. The van der Waals surface area contributed by atoms with Crippen LogP contribution in [0.1, 0.15) is 39.9 Å². The maximum Gasteiger partial charge on any atom is 0.416 e. The van der Waals surface area contributed by atoms with Gasteiger partial charge in [0, 0.05) is 42.3 Å². The molecule has 3 N–H and O–H groups in total. The van der Waals surface area contributed by atoms with Gasteiger partial charge in [0.05, 0.1) is 22.8 Å². The summed E-state index contributed by atoms with van der Waals surface area (Å²) in [5, 5.41) is 9.49. The van der Waals surface area contributed by atoms with Gasteiger partial charge in [-0.15, -0.1) is 0 Å². The number of hydrogen-bond donors (Lipinski definition) is 3. The molecular formula is C28H26F3N5O2. The maximum absolute atomic E-state index is 13.7. The van der Waals surface area contributed by atoms with Crippen molar-refractivity contribution in [2.45, 2.75) is 38.5 Å². The predicted octanol–water partition coefficient (Wildman–Crippen LogP) is 5.51. The van der Waals surface area contributed by atoms with E-state index in [9.17, 15) is 22.8 Å². The van der Waals surface area contributed by atoms with E-state index < -0.39 is 17.6 Å². The molecule has 196 valence electrons. The van der Waals surface area contributed by atoms with Crippen molar-refractivity contribution in [3.63, 3.8) is 0 Å². The Morgan fingerprint density at radius 3 is 2.55 bits per heavy atom. The molecule has 7 nitrogen and oxygen atoms in total. The summed E-state index contributed by atoms with van der Waals surface area (Å²) in [5.74, 6) is -0.646. The fourth-order valence-corrected chi connectivity index (χ4v) is 4.16. The van der Waals surface area contributed by atoms with E-state index in [1.165, 1.54) is 23.0 Å². The van der Waals surface area contributed by atoms with Gasteiger partial charge in [0.2, 0.25) is 0 Å². The highest BCUT2D eigenvalue weighted by atomic mass is 19.4. The summed E-state index contributed by atoms with van der Waals surface area (Å²) in [6, 6.07) is 14.3. The zero-order valence-electron chi connectivity index (χ0n) is 20.8. The highest BCUT2D eigenvalue weighted by Gasteiger charge is 2.34. The minimum atomic E-state index is -4.58. The second kappa shape index (κ2) is 9.94. The van der Waals surface area contributed by atoms with Crippen molar-refractivity contribution in [3.8, 4) is 0 Å². The van der Waals surface area contributed by atoms with Crippen LogP contribution in [0.3, 0.4) is 0 Å². The summed E-state index contributed by atoms with van der Waals surface area (Å²) in [6.07, 6.45) is -1.18. The number of nitrogens with zero attached hydrogens (tertiary/aromatic N) is 2. The Bertz CT molecular complexity index is 1590. The lowest BCUT2D eigenvalue weighted by Crippen LogP contribution is -2.20. The second-order valence-corrected chi connectivity index (χ2v) is 9.53. The van der Waals surface area contributed by atoms with Gasteiger partial charge in [0.15, 0.2) is 0 Å². The van der Waals surface area contributed by atoms with Crippen molar-refractivity contribution in [1.82, 2.24) is 14.9 Å². The third kappa shape index (κ3) is 5.55. The van der Waals surface area contributed by atoms with Crippen LogP contribution in [0.15, 0.2) is 65.7 Å². The van der Waals surface area contributed by atoms with Crippen molar-refractivity contribution in [1.29, 1.82) is 0 Å². The van der Waals surface area contributed by atoms with Gasteiger partial charge in [-0.3, -0.25) is 9.59 Å². The van der Waals surface area contributed by atoms with Crippen LogP contribution < -0.4 is 21.5 Å². The number of rotatable bonds is 7. The Morgan fingerprint density at radius 1 is 1.05 bits per heavy atom. The summed E-state index contributed by atoms with van der Waals surface area (Å²) in [5.41, 5.74) is 2.21. The molecule has 38 heavy (non-hydrogen) atoms. The van der Waals surface area contributed by atoms with Crippen LogP contribution in [0, 0.1) is 6.92 Å². The fourth-order valence-electron chi connectivity index (χ4n) is 4.16. The molecule has 1 heterocycles. The molecule has 3 aromatic carbocycles. The average molecular weight is 522 g/mol. The topological polar surface area (TPSA) is 88.1 Å². The molecule has 0 aliphatic heterocycles. The number of fused-ring (bicyclic) bond motifs is 1. The van der Waals surface area contributed by atoms with Crippen LogP contribution in [-0.2, 0) is 19.8 Å².